The van der Waals surface area contributed by atoms with Gasteiger partial charge in [0.25, 0.3) is 5.91 Å². The van der Waals surface area contributed by atoms with Crippen molar-refractivity contribution in [2.24, 2.45) is 0 Å². The third kappa shape index (κ3) is 5.06. The number of pyridine rings is 1. The third-order valence-electron chi connectivity index (χ3n) is 5.97. The van der Waals surface area contributed by atoms with E-state index in [1.165, 1.54) is 0 Å². The van der Waals surface area contributed by atoms with Gasteiger partial charge in [0.2, 0.25) is 5.91 Å². The van der Waals surface area contributed by atoms with Crippen molar-refractivity contribution in [3.8, 4) is 11.3 Å². The Balaban J connectivity index is 1.43. The number of imidazole rings is 1. The molecule has 9 heteroatoms. The first-order valence-electron chi connectivity index (χ1n) is 12.0. The first-order valence-corrected chi connectivity index (χ1v) is 12.0. The number of amides is 2. The number of aryl methyl sites for hydroxylation is 1. The summed E-state index contributed by atoms with van der Waals surface area (Å²) in [7, 11) is 0. The molecule has 0 aliphatic rings. The molecule has 186 valence electrons. The summed E-state index contributed by atoms with van der Waals surface area (Å²) in [5, 5.41) is 6.46. The maximum absolute atomic E-state index is 13.1. The molecule has 0 spiro atoms. The molecule has 3 heterocycles. The number of aromatic amines is 2. The summed E-state index contributed by atoms with van der Waals surface area (Å²) in [5.41, 5.74) is 11.2. The summed E-state index contributed by atoms with van der Waals surface area (Å²) in [5.74, 6) is 0.487. The monoisotopic (exact) mass is 493 g/mol. The molecule has 3 aromatic heterocycles. The van der Waals surface area contributed by atoms with Gasteiger partial charge in [0.05, 0.1) is 5.52 Å². The number of nitrogen functional groups attached to an aromatic ring is 1. The number of benzene rings is 2. The van der Waals surface area contributed by atoms with Crippen molar-refractivity contribution < 1.29 is 9.59 Å². The average molecular weight is 494 g/mol. The van der Waals surface area contributed by atoms with Crippen LogP contribution in [0.4, 0.5) is 5.82 Å². The van der Waals surface area contributed by atoms with Crippen molar-refractivity contribution in [1.29, 1.82) is 0 Å². The highest BCUT2D eigenvalue weighted by Gasteiger charge is 2.19. The van der Waals surface area contributed by atoms with Gasteiger partial charge in [-0.15, -0.1) is 0 Å². The lowest BCUT2D eigenvalue weighted by Crippen LogP contribution is -2.45. The summed E-state index contributed by atoms with van der Waals surface area (Å²) in [6.07, 6.45) is 3.51. The zero-order valence-corrected chi connectivity index (χ0v) is 20.5. The number of nitrogens with two attached hydrogens (primary N) is 1. The average Bonchev–Trinajstić information content (AvgIpc) is 3.48. The van der Waals surface area contributed by atoms with Gasteiger partial charge in [-0.1, -0.05) is 42.5 Å². The number of carbonyl (C=O) groups is 2. The fourth-order valence-electron chi connectivity index (χ4n) is 4.24. The number of carbonyl (C=O) groups excluding carboxylic acids is 2. The summed E-state index contributed by atoms with van der Waals surface area (Å²) in [4.78, 5) is 41.1. The Morgan fingerprint density at radius 2 is 1.86 bits per heavy atom. The van der Waals surface area contributed by atoms with E-state index in [0.717, 1.165) is 39.1 Å². The Morgan fingerprint density at radius 1 is 1.05 bits per heavy atom. The Labute approximate surface area is 213 Å². The lowest BCUT2D eigenvalue weighted by atomic mass is 10.1. The van der Waals surface area contributed by atoms with Crippen LogP contribution in [0.25, 0.3) is 39.4 Å². The molecule has 1 atom stereocenters. The van der Waals surface area contributed by atoms with Gasteiger partial charge >= 0.3 is 0 Å². The van der Waals surface area contributed by atoms with Crippen molar-refractivity contribution in [3.05, 3.63) is 83.7 Å². The topological polar surface area (TPSA) is 142 Å². The van der Waals surface area contributed by atoms with Crippen molar-refractivity contribution in [3.63, 3.8) is 0 Å². The van der Waals surface area contributed by atoms with E-state index >= 15 is 0 Å². The van der Waals surface area contributed by atoms with Crippen molar-refractivity contribution in [2.45, 2.75) is 19.9 Å². The summed E-state index contributed by atoms with van der Waals surface area (Å²) in [6, 6.07) is 17.9. The van der Waals surface area contributed by atoms with E-state index in [0.29, 0.717) is 23.6 Å². The molecule has 6 N–H and O–H groups in total. The number of hydrogen-bond acceptors (Lipinski definition) is 5. The van der Waals surface area contributed by atoms with Crippen LogP contribution in [0, 0.1) is 6.92 Å². The van der Waals surface area contributed by atoms with Crippen molar-refractivity contribution in [2.75, 3.05) is 12.3 Å². The lowest BCUT2D eigenvalue weighted by molar-refractivity contribution is -0.121. The first kappa shape index (κ1) is 23.8. The number of aromatic nitrogens is 4. The summed E-state index contributed by atoms with van der Waals surface area (Å²) >= 11 is 0. The van der Waals surface area contributed by atoms with E-state index in [4.69, 9.17) is 5.73 Å². The standard InChI is InChI=1S/C28H27N7O2/c1-3-30-28(37)22(11-9-17-7-5-4-6-8-17)34-27(36)18-10-12-21-19(13-18)14-23(33-21)20-15-24(29)35-26-25(20)31-16(2)32-26/h4-15,22,33H,3H2,1-2H3,(H,30,37)(H,34,36)(H3,29,31,32,35)/b11-9+/t22-/m1/s1. The fourth-order valence-corrected chi connectivity index (χ4v) is 4.24. The Hall–Kier alpha value is -4.92. The van der Waals surface area contributed by atoms with E-state index in [2.05, 4.69) is 30.6 Å². The molecule has 0 fully saturated rings. The number of anilines is 1. The van der Waals surface area contributed by atoms with E-state index in [1.807, 2.05) is 62.4 Å². The van der Waals surface area contributed by atoms with Gasteiger partial charge in [-0.25, -0.2) is 9.97 Å². The zero-order valence-electron chi connectivity index (χ0n) is 20.5. The molecule has 2 amide bonds. The molecule has 37 heavy (non-hydrogen) atoms. The number of H-pyrrole nitrogens is 2. The van der Waals surface area contributed by atoms with Crippen molar-refractivity contribution >= 4 is 45.8 Å². The van der Waals surface area contributed by atoms with Crippen LogP contribution in [0.5, 0.6) is 0 Å². The fraction of sp³-hybridized carbons (Fsp3) is 0.143. The maximum Gasteiger partial charge on any atom is 0.252 e. The SMILES string of the molecule is CCNC(=O)[C@@H](/C=C/c1ccccc1)NC(=O)c1ccc2[nH]c(-c3cc(N)nc4nc(C)[nH]c34)cc2c1. The predicted octanol–water partition coefficient (Wildman–Crippen LogP) is 3.94. The molecule has 0 unspecified atom stereocenters. The summed E-state index contributed by atoms with van der Waals surface area (Å²) < 4.78 is 0. The third-order valence-corrected chi connectivity index (χ3v) is 5.97. The smallest absolute Gasteiger partial charge is 0.252 e. The molecule has 0 saturated carbocycles. The maximum atomic E-state index is 13.1. The van der Waals surface area contributed by atoms with Gasteiger partial charge in [0, 0.05) is 34.3 Å². The molecule has 2 aromatic carbocycles. The van der Waals surface area contributed by atoms with Gasteiger partial charge < -0.3 is 26.3 Å². The van der Waals surface area contributed by atoms with Crippen LogP contribution in [0.1, 0.15) is 28.7 Å². The molecule has 0 radical (unpaired) electrons. The Kier molecular flexibility index (Phi) is 6.42. The molecule has 0 bridgehead atoms. The first-order chi connectivity index (χ1) is 17.9. The molecule has 5 rings (SSSR count). The van der Waals surface area contributed by atoms with Crippen LogP contribution >= 0.6 is 0 Å². The van der Waals surface area contributed by atoms with Crippen LogP contribution in [-0.2, 0) is 4.79 Å². The van der Waals surface area contributed by atoms with Crippen LogP contribution in [0.3, 0.4) is 0 Å². The van der Waals surface area contributed by atoms with Crippen molar-refractivity contribution in [1.82, 2.24) is 30.6 Å². The number of hydrogen-bond donors (Lipinski definition) is 5. The highest BCUT2D eigenvalue weighted by atomic mass is 16.2. The molecular weight excluding hydrogens is 466 g/mol. The second kappa shape index (κ2) is 9.98. The normalized spacial score (nSPS) is 12.3. The molecule has 0 aliphatic carbocycles. The van der Waals surface area contributed by atoms with E-state index < -0.39 is 6.04 Å². The number of rotatable bonds is 7. The van der Waals surface area contributed by atoms with Crippen LogP contribution in [0.15, 0.2) is 66.7 Å². The van der Waals surface area contributed by atoms with Gasteiger partial charge in [-0.05, 0) is 49.7 Å². The molecular formula is C28H27N7O2. The molecule has 0 aliphatic heterocycles. The zero-order chi connectivity index (χ0) is 25.9. The lowest BCUT2D eigenvalue weighted by Gasteiger charge is -2.15. The second-order valence-corrected chi connectivity index (χ2v) is 8.72. The molecule has 9 nitrogen and oxygen atoms in total. The minimum atomic E-state index is -0.818. The molecule has 0 saturated heterocycles. The van der Waals surface area contributed by atoms with Gasteiger partial charge in [-0.3, -0.25) is 9.59 Å². The van der Waals surface area contributed by atoms with Gasteiger partial charge in [0.1, 0.15) is 17.7 Å². The van der Waals surface area contributed by atoms with E-state index in [9.17, 15) is 9.59 Å². The summed E-state index contributed by atoms with van der Waals surface area (Å²) in [6.45, 7) is 4.16. The van der Waals surface area contributed by atoms with Crippen LogP contribution < -0.4 is 16.4 Å². The largest absolute Gasteiger partial charge is 0.384 e. The van der Waals surface area contributed by atoms with Gasteiger partial charge in [-0.2, -0.15) is 0 Å². The number of fused-ring (bicyclic) bond motifs is 2. The highest BCUT2D eigenvalue weighted by Crippen LogP contribution is 2.30. The Bertz CT molecular complexity index is 1630. The van der Waals surface area contributed by atoms with Crippen LogP contribution in [-0.4, -0.2) is 44.3 Å². The second-order valence-electron chi connectivity index (χ2n) is 8.72. The van der Waals surface area contributed by atoms with Crippen LogP contribution in [0.2, 0.25) is 0 Å². The minimum Gasteiger partial charge on any atom is -0.384 e. The van der Waals surface area contributed by atoms with E-state index in [-0.39, 0.29) is 11.8 Å². The predicted molar refractivity (Wildman–Crippen MR) is 146 cm³/mol. The van der Waals surface area contributed by atoms with Gasteiger partial charge in [0.15, 0.2) is 5.65 Å². The number of likely N-dealkylation sites (N-methyl/N-ethyl adjacent to an activating group) is 1. The molecule has 5 aromatic rings. The Morgan fingerprint density at radius 3 is 2.65 bits per heavy atom. The van der Waals surface area contributed by atoms with E-state index in [1.54, 1.807) is 24.3 Å². The quantitative estimate of drug-likeness (QED) is 0.233. The highest BCUT2D eigenvalue weighted by molar-refractivity contribution is 6.02. The minimum absolute atomic E-state index is 0.276. The number of nitrogens with zero attached hydrogens (tertiary/aromatic N) is 2. The number of nitrogens with one attached hydrogen (secondary N) is 4.